The Kier molecular flexibility index (Phi) is 8.91. The second kappa shape index (κ2) is 12.3. The van der Waals surface area contributed by atoms with E-state index in [0.29, 0.717) is 55.9 Å². The molecule has 2 N–H and O–H groups in total. The maximum atomic E-state index is 13.3. The first-order chi connectivity index (χ1) is 18.7. The summed E-state index contributed by atoms with van der Waals surface area (Å²) in [5.74, 6) is 0.365. The number of para-hydroxylation sites is 2. The van der Waals surface area contributed by atoms with E-state index >= 15 is 0 Å². The fraction of sp³-hybridized carbons (Fsp3) is 0.333. The van der Waals surface area contributed by atoms with E-state index in [4.69, 9.17) is 9.47 Å². The number of benzene rings is 3. The van der Waals surface area contributed by atoms with Gasteiger partial charge in [0, 0.05) is 25.3 Å². The molecule has 1 heterocycles. The molecule has 0 spiro atoms. The van der Waals surface area contributed by atoms with Crippen molar-refractivity contribution in [3.63, 3.8) is 0 Å². The van der Waals surface area contributed by atoms with Gasteiger partial charge in [-0.25, -0.2) is 0 Å². The van der Waals surface area contributed by atoms with Gasteiger partial charge in [-0.1, -0.05) is 36.4 Å². The highest BCUT2D eigenvalue weighted by molar-refractivity contribution is 5.98. The van der Waals surface area contributed by atoms with Gasteiger partial charge in [0.15, 0.2) is 5.78 Å². The van der Waals surface area contributed by atoms with E-state index in [1.807, 2.05) is 6.07 Å². The van der Waals surface area contributed by atoms with Gasteiger partial charge in [-0.3, -0.25) is 9.59 Å². The normalized spacial score (nSPS) is 17.0. The molecule has 1 saturated heterocycles. The minimum Gasteiger partial charge on any atom is -0.496 e. The van der Waals surface area contributed by atoms with Crippen molar-refractivity contribution in [1.82, 2.24) is 5.32 Å². The van der Waals surface area contributed by atoms with Crippen LogP contribution in [-0.2, 0) is 22.3 Å². The predicted molar refractivity (Wildman–Crippen MR) is 142 cm³/mol. The molecule has 1 fully saturated rings. The van der Waals surface area contributed by atoms with Gasteiger partial charge in [0.1, 0.15) is 5.75 Å². The minimum absolute atomic E-state index is 0.0292. The Morgan fingerprint density at radius 2 is 1.72 bits per heavy atom. The van der Waals surface area contributed by atoms with Gasteiger partial charge in [-0.15, -0.1) is 0 Å². The number of hydrogen-bond acceptors (Lipinski definition) is 5. The van der Waals surface area contributed by atoms with E-state index in [0.717, 1.165) is 11.6 Å². The van der Waals surface area contributed by atoms with Gasteiger partial charge in [0.25, 0.3) is 0 Å². The SMILES string of the molecule is COc1ccccc1C(=O)CCCC1(C(=O)NCc2ccc(Nc3ccccc3C(F)(F)F)cc2)CCOC1. The van der Waals surface area contributed by atoms with Crippen LogP contribution >= 0.6 is 0 Å². The molecular formula is C30H31F3N2O4. The molecule has 9 heteroatoms. The van der Waals surface area contributed by atoms with Crippen LogP contribution in [0.15, 0.2) is 72.8 Å². The molecule has 1 aliphatic heterocycles. The lowest BCUT2D eigenvalue weighted by Gasteiger charge is -2.26. The highest BCUT2D eigenvalue weighted by Crippen LogP contribution is 2.37. The van der Waals surface area contributed by atoms with Crippen molar-refractivity contribution in [3.05, 3.63) is 89.5 Å². The molecule has 1 unspecified atom stereocenters. The molecular weight excluding hydrogens is 509 g/mol. The summed E-state index contributed by atoms with van der Waals surface area (Å²) in [7, 11) is 1.53. The lowest BCUT2D eigenvalue weighted by atomic mass is 9.80. The summed E-state index contributed by atoms with van der Waals surface area (Å²) < 4.78 is 50.6. The van der Waals surface area contributed by atoms with Gasteiger partial charge in [-0.05, 0) is 61.2 Å². The lowest BCUT2D eigenvalue weighted by Crippen LogP contribution is -2.41. The molecule has 1 atom stereocenters. The van der Waals surface area contributed by atoms with Gasteiger partial charge in [-0.2, -0.15) is 13.2 Å². The van der Waals surface area contributed by atoms with E-state index in [2.05, 4.69) is 10.6 Å². The molecule has 1 amide bonds. The number of carbonyl (C=O) groups excluding carboxylic acids is 2. The molecule has 206 valence electrons. The zero-order valence-electron chi connectivity index (χ0n) is 21.6. The predicted octanol–water partition coefficient (Wildman–Crippen LogP) is 6.53. The number of hydrogen-bond donors (Lipinski definition) is 2. The van der Waals surface area contributed by atoms with Gasteiger partial charge < -0.3 is 20.1 Å². The van der Waals surface area contributed by atoms with Crippen molar-refractivity contribution in [1.29, 1.82) is 0 Å². The standard InChI is InChI=1S/C30H31F3N2O4/c1-38-27-11-5-2-7-23(27)26(36)10-6-16-29(17-18-39-20-29)28(37)34-19-21-12-14-22(15-13-21)35-25-9-4-3-8-24(25)30(31,32)33/h2-5,7-9,11-15,35H,6,10,16-20H2,1H3,(H,34,37). The third-order valence-electron chi connectivity index (χ3n) is 6.97. The maximum absolute atomic E-state index is 13.3. The molecule has 3 aromatic rings. The smallest absolute Gasteiger partial charge is 0.418 e. The van der Waals surface area contributed by atoms with E-state index in [-0.39, 0.29) is 23.9 Å². The summed E-state index contributed by atoms with van der Waals surface area (Å²) in [6.45, 7) is 1.04. The number of methoxy groups -OCH3 is 1. The van der Waals surface area contributed by atoms with Crippen LogP contribution in [0.1, 0.15) is 47.2 Å². The topological polar surface area (TPSA) is 76.7 Å². The number of nitrogens with one attached hydrogen (secondary N) is 2. The highest BCUT2D eigenvalue weighted by Gasteiger charge is 2.41. The molecule has 39 heavy (non-hydrogen) atoms. The molecule has 6 nitrogen and oxygen atoms in total. The Morgan fingerprint density at radius 1 is 1.00 bits per heavy atom. The molecule has 0 aromatic heterocycles. The Morgan fingerprint density at radius 3 is 2.41 bits per heavy atom. The van der Waals surface area contributed by atoms with Crippen molar-refractivity contribution in [3.8, 4) is 5.75 Å². The zero-order chi connectivity index (χ0) is 27.9. The van der Waals surface area contributed by atoms with Crippen molar-refractivity contribution >= 4 is 23.1 Å². The zero-order valence-corrected chi connectivity index (χ0v) is 21.6. The third kappa shape index (κ3) is 6.97. The number of halogens is 3. The van der Waals surface area contributed by atoms with Crippen LogP contribution in [0.4, 0.5) is 24.5 Å². The van der Waals surface area contributed by atoms with E-state index in [1.165, 1.54) is 19.2 Å². The third-order valence-corrected chi connectivity index (χ3v) is 6.97. The Balaban J connectivity index is 1.32. The summed E-state index contributed by atoms with van der Waals surface area (Å²) in [5, 5.41) is 5.79. The van der Waals surface area contributed by atoms with Gasteiger partial charge >= 0.3 is 6.18 Å². The first-order valence-corrected chi connectivity index (χ1v) is 12.8. The quantitative estimate of drug-likeness (QED) is 0.270. The number of anilines is 2. The van der Waals surface area contributed by atoms with Crippen LogP contribution < -0.4 is 15.4 Å². The first kappa shape index (κ1) is 28.2. The van der Waals surface area contributed by atoms with Crippen LogP contribution in [0.2, 0.25) is 0 Å². The van der Waals surface area contributed by atoms with Crippen molar-refractivity contribution in [2.75, 3.05) is 25.6 Å². The average Bonchev–Trinajstić information content (AvgIpc) is 3.42. The Bertz CT molecular complexity index is 1290. The molecule has 4 rings (SSSR count). The number of Topliss-reactive ketones (excluding diaryl/α,β-unsaturated/α-hetero) is 1. The summed E-state index contributed by atoms with van der Waals surface area (Å²) in [6, 6.07) is 19.2. The molecule has 3 aromatic carbocycles. The highest BCUT2D eigenvalue weighted by atomic mass is 19.4. The van der Waals surface area contributed by atoms with Crippen molar-refractivity contribution in [2.24, 2.45) is 5.41 Å². The summed E-state index contributed by atoms with van der Waals surface area (Å²) in [5.41, 5.74) is 0.360. The summed E-state index contributed by atoms with van der Waals surface area (Å²) in [6.07, 6.45) is -2.55. The van der Waals surface area contributed by atoms with Gasteiger partial charge in [0.2, 0.25) is 5.91 Å². The van der Waals surface area contributed by atoms with Crippen LogP contribution in [0.3, 0.4) is 0 Å². The second-order valence-corrected chi connectivity index (χ2v) is 9.61. The number of carbonyl (C=O) groups is 2. The summed E-state index contributed by atoms with van der Waals surface area (Å²) in [4.78, 5) is 25.9. The average molecular weight is 541 g/mol. The van der Waals surface area contributed by atoms with Crippen LogP contribution in [-0.4, -0.2) is 32.0 Å². The van der Waals surface area contributed by atoms with Crippen LogP contribution in [0.25, 0.3) is 0 Å². The van der Waals surface area contributed by atoms with Crippen molar-refractivity contribution in [2.45, 2.75) is 38.4 Å². The largest absolute Gasteiger partial charge is 0.496 e. The van der Waals surface area contributed by atoms with Gasteiger partial charge in [0.05, 0.1) is 35.9 Å². The fourth-order valence-corrected chi connectivity index (χ4v) is 4.76. The monoisotopic (exact) mass is 540 g/mol. The first-order valence-electron chi connectivity index (χ1n) is 12.8. The minimum atomic E-state index is -4.46. The van der Waals surface area contributed by atoms with Crippen LogP contribution in [0, 0.1) is 5.41 Å². The second-order valence-electron chi connectivity index (χ2n) is 9.61. The molecule has 0 aliphatic carbocycles. The summed E-state index contributed by atoms with van der Waals surface area (Å²) >= 11 is 0. The maximum Gasteiger partial charge on any atom is 0.418 e. The molecule has 0 saturated carbocycles. The van der Waals surface area contributed by atoms with E-state index < -0.39 is 17.2 Å². The number of ether oxygens (including phenoxy) is 2. The molecule has 0 radical (unpaired) electrons. The Hall–Kier alpha value is -3.85. The van der Waals surface area contributed by atoms with E-state index in [1.54, 1.807) is 48.5 Å². The number of rotatable bonds is 11. The fourth-order valence-electron chi connectivity index (χ4n) is 4.76. The number of amides is 1. The number of ketones is 1. The molecule has 1 aliphatic rings. The van der Waals surface area contributed by atoms with E-state index in [9.17, 15) is 22.8 Å². The number of alkyl halides is 3. The van der Waals surface area contributed by atoms with Crippen molar-refractivity contribution < 1.29 is 32.2 Å². The lowest BCUT2D eigenvalue weighted by molar-refractivity contribution is -0.137. The van der Waals surface area contributed by atoms with Crippen LogP contribution in [0.5, 0.6) is 5.75 Å². The molecule has 0 bridgehead atoms. The Labute approximate surface area is 225 Å².